The molecule has 0 fully saturated rings. The Bertz CT molecular complexity index is 1030. The van der Waals surface area contributed by atoms with E-state index in [0.717, 1.165) is 10.8 Å². The fourth-order valence-corrected chi connectivity index (χ4v) is 9.01. The summed E-state index contributed by atoms with van der Waals surface area (Å²) in [4.78, 5) is 0. The van der Waals surface area contributed by atoms with Crippen LogP contribution < -0.4 is 15.6 Å². The van der Waals surface area contributed by atoms with Crippen molar-refractivity contribution in [3.63, 3.8) is 0 Å². The van der Waals surface area contributed by atoms with Crippen LogP contribution >= 0.6 is 0 Å². The van der Waals surface area contributed by atoms with Gasteiger partial charge < -0.3 is 0 Å². The molecule has 0 saturated heterocycles. The molecule has 138 valence electrons. The standard InChI is InChI=1S/C27H21NSi/c28-22-21-27(23-13-5-1-6-14-23)29(24-15-7-2-8-16-24,25-17-9-3-10-18-25)26-19-11-4-12-20-26/h1-21H/b27-21+. The predicted octanol–water partition coefficient (Wildman–Crippen LogP) is 4.30. The van der Waals surface area contributed by atoms with E-state index in [2.05, 4.69) is 109 Å². The second kappa shape index (κ2) is 8.56. The molecule has 0 aromatic heterocycles. The first-order chi connectivity index (χ1) is 14.4. The van der Waals surface area contributed by atoms with Crippen LogP contribution in [0.15, 0.2) is 127 Å². The van der Waals surface area contributed by atoms with E-state index in [9.17, 15) is 5.26 Å². The van der Waals surface area contributed by atoms with Crippen LogP contribution in [-0.4, -0.2) is 8.07 Å². The van der Waals surface area contributed by atoms with E-state index in [1.165, 1.54) is 15.6 Å². The summed E-state index contributed by atoms with van der Waals surface area (Å²) < 4.78 is 0. The zero-order chi connectivity index (χ0) is 19.9. The summed E-state index contributed by atoms with van der Waals surface area (Å²) in [5, 5.41) is 14.7. The van der Waals surface area contributed by atoms with Crippen LogP contribution in [-0.2, 0) is 0 Å². The number of rotatable bonds is 5. The van der Waals surface area contributed by atoms with Crippen LogP contribution in [0.25, 0.3) is 5.20 Å². The minimum Gasteiger partial charge on any atom is -0.193 e. The average Bonchev–Trinajstić information content (AvgIpc) is 2.82. The molecule has 0 amide bonds. The highest BCUT2D eigenvalue weighted by molar-refractivity contribution is 7.23. The highest BCUT2D eigenvalue weighted by atomic mass is 28.3. The lowest BCUT2D eigenvalue weighted by Crippen LogP contribution is -2.68. The van der Waals surface area contributed by atoms with Gasteiger partial charge in [0.25, 0.3) is 0 Å². The largest absolute Gasteiger partial charge is 0.193 e. The van der Waals surface area contributed by atoms with Gasteiger partial charge in [0.1, 0.15) is 0 Å². The van der Waals surface area contributed by atoms with Gasteiger partial charge in [-0.15, -0.1) is 0 Å². The summed E-state index contributed by atoms with van der Waals surface area (Å²) >= 11 is 0. The Kier molecular flexibility index (Phi) is 5.51. The van der Waals surface area contributed by atoms with E-state index in [-0.39, 0.29) is 0 Å². The molecule has 0 spiro atoms. The summed E-state index contributed by atoms with van der Waals surface area (Å²) in [6, 6.07) is 44.7. The molecular weight excluding hydrogens is 366 g/mol. The molecule has 2 heteroatoms. The van der Waals surface area contributed by atoms with Gasteiger partial charge in [-0.25, -0.2) is 0 Å². The zero-order valence-corrected chi connectivity index (χ0v) is 17.1. The summed E-state index contributed by atoms with van der Waals surface area (Å²) in [5.74, 6) is 0. The van der Waals surface area contributed by atoms with Gasteiger partial charge in [0, 0.05) is 6.08 Å². The van der Waals surface area contributed by atoms with Crippen molar-refractivity contribution in [1.29, 1.82) is 5.26 Å². The third-order valence-electron chi connectivity index (χ3n) is 5.32. The molecule has 4 rings (SSSR count). The third kappa shape index (κ3) is 3.45. The maximum Gasteiger partial charge on any atom is 0.180 e. The number of nitrogens with zero attached hydrogens (tertiary/aromatic N) is 1. The van der Waals surface area contributed by atoms with Gasteiger partial charge in [0.15, 0.2) is 8.07 Å². The van der Waals surface area contributed by atoms with Crippen LogP contribution in [0, 0.1) is 11.3 Å². The van der Waals surface area contributed by atoms with Crippen LogP contribution in [0.1, 0.15) is 5.56 Å². The fraction of sp³-hybridized carbons (Fsp3) is 0. The lowest BCUT2D eigenvalue weighted by Gasteiger charge is -2.36. The topological polar surface area (TPSA) is 23.8 Å². The molecule has 1 nitrogen and oxygen atoms in total. The molecule has 4 aromatic rings. The van der Waals surface area contributed by atoms with Crippen molar-refractivity contribution in [2.45, 2.75) is 0 Å². The van der Waals surface area contributed by atoms with E-state index in [4.69, 9.17) is 0 Å². The first-order valence-electron chi connectivity index (χ1n) is 9.69. The number of nitriles is 1. The Hall–Kier alpha value is -3.67. The van der Waals surface area contributed by atoms with Gasteiger partial charge >= 0.3 is 0 Å². The van der Waals surface area contributed by atoms with Gasteiger partial charge in [0.05, 0.1) is 6.07 Å². The average molecular weight is 388 g/mol. The molecule has 0 saturated carbocycles. The number of benzene rings is 4. The van der Waals surface area contributed by atoms with Crippen molar-refractivity contribution in [2.24, 2.45) is 0 Å². The van der Waals surface area contributed by atoms with Crippen molar-refractivity contribution in [2.75, 3.05) is 0 Å². The van der Waals surface area contributed by atoms with Gasteiger partial charge in [-0.05, 0) is 26.3 Å². The van der Waals surface area contributed by atoms with E-state index in [1.807, 2.05) is 18.2 Å². The Morgan fingerprint density at radius 1 is 0.552 bits per heavy atom. The first kappa shape index (κ1) is 18.7. The Balaban J connectivity index is 2.17. The van der Waals surface area contributed by atoms with Crippen molar-refractivity contribution in [3.8, 4) is 6.07 Å². The molecule has 0 aliphatic rings. The molecule has 0 N–H and O–H groups in total. The highest BCUT2D eigenvalue weighted by Gasteiger charge is 2.43. The van der Waals surface area contributed by atoms with Crippen LogP contribution in [0.5, 0.6) is 0 Å². The van der Waals surface area contributed by atoms with Crippen LogP contribution in [0.2, 0.25) is 0 Å². The lowest BCUT2D eigenvalue weighted by atomic mass is 10.2. The Morgan fingerprint density at radius 2 is 0.897 bits per heavy atom. The van der Waals surface area contributed by atoms with Crippen molar-refractivity contribution < 1.29 is 0 Å². The monoisotopic (exact) mass is 387 g/mol. The molecule has 0 radical (unpaired) electrons. The summed E-state index contributed by atoms with van der Waals surface area (Å²) in [6.45, 7) is 0. The maximum absolute atomic E-state index is 9.80. The second-order valence-electron chi connectivity index (χ2n) is 6.90. The van der Waals surface area contributed by atoms with Crippen molar-refractivity contribution in [3.05, 3.63) is 133 Å². The second-order valence-corrected chi connectivity index (χ2v) is 10.7. The molecule has 0 aliphatic carbocycles. The molecule has 29 heavy (non-hydrogen) atoms. The molecule has 0 aliphatic heterocycles. The molecule has 0 heterocycles. The zero-order valence-electron chi connectivity index (χ0n) is 16.1. The summed E-state index contributed by atoms with van der Waals surface area (Å²) in [5.41, 5.74) is 1.09. The van der Waals surface area contributed by atoms with Crippen molar-refractivity contribution in [1.82, 2.24) is 0 Å². The molecule has 0 unspecified atom stereocenters. The van der Waals surface area contributed by atoms with Gasteiger partial charge in [0.2, 0.25) is 0 Å². The molecule has 0 atom stereocenters. The minimum absolute atomic E-state index is 1.09. The molecular formula is C27H21NSi. The quantitative estimate of drug-likeness (QED) is 0.284. The molecule has 4 aromatic carbocycles. The van der Waals surface area contributed by atoms with E-state index >= 15 is 0 Å². The normalized spacial score (nSPS) is 11.6. The maximum atomic E-state index is 9.80. The number of allylic oxidation sites excluding steroid dienone is 1. The van der Waals surface area contributed by atoms with E-state index in [0.29, 0.717) is 0 Å². The summed E-state index contributed by atoms with van der Waals surface area (Å²) in [6.07, 6.45) is 1.76. The summed E-state index contributed by atoms with van der Waals surface area (Å²) in [7, 11) is -2.68. The fourth-order valence-electron chi connectivity index (χ4n) is 4.12. The smallest absolute Gasteiger partial charge is 0.180 e. The van der Waals surface area contributed by atoms with Gasteiger partial charge in [-0.1, -0.05) is 121 Å². The van der Waals surface area contributed by atoms with Gasteiger partial charge in [-0.2, -0.15) is 5.26 Å². The Morgan fingerprint density at radius 3 is 1.24 bits per heavy atom. The number of hydrogen-bond acceptors (Lipinski definition) is 1. The van der Waals surface area contributed by atoms with Gasteiger partial charge in [-0.3, -0.25) is 0 Å². The third-order valence-corrected chi connectivity index (χ3v) is 10.2. The van der Waals surface area contributed by atoms with E-state index in [1.54, 1.807) is 6.08 Å². The van der Waals surface area contributed by atoms with Crippen molar-refractivity contribution >= 4 is 28.8 Å². The van der Waals surface area contributed by atoms with Crippen LogP contribution in [0.4, 0.5) is 0 Å². The van der Waals surface area contributed by atoms with E-state index < -0.39 is 8.07 Å². The SMILES string of the molecule is N#C/C=C(\c1ccccc1)[Si](c1ccccc1)(c1ccccc1)c1ccccc1. The lowest BCUT2D eigenvalue weighted by molar-refractivity contribution is 1.53. The number of hydrogen-bond donors (Lipinski definition) is 0. The Labute approximate surface area is 173 Å². The highest BCUT2D eigenvalue weighted by Crippen LogP contribution is 2.26. The molecule has 0 bridgehead atoms. The van der Waals surface area contributed by atoms with Crippen LogP contribution in [0.3, 0.4) is 0 Å². The minimum atomic E-state index is -2.68. The predicted molar refractivity (Wildman–Crippen MR) is 124 cm³/mol. The first-order valence-corrected chi connectivity index (χ1v) is 11.7.